The predicted molar refractivity (Wildman–Crippen MR) is 123 cm³/mol. The molecule has 1 atom stereocenters. The number of fused-ring (bicyclic) bond motifs is 1. The van der Waals surface area contributed by atoms with Crippen LogP contribution in [0.2, 0.25) is 0 Å². The molecule has 0 spiro atoms. The zero-order valence-corrected chi connectivity index (χ0v) is 19.1. The molecule has 0 saturated heterocycles. The molecule has 1 saturated carbocycles. The maximum atomic E-state index is 13.2. The van der Waals surface area contributed by atoms with Gasteiger partial charge in [-0.2, -0.15) is 18.3 Å². The van der Waals surface area contributed by atoms with Gasteiger partial charge in [0.1, 0.15) is 5.75 Å². The van der Waals surface area contributed by atoms with Crippen molar-refractivity contribution >= 4 is 23.4 Å². The molecule has 7 nitrogen and oxygen atoms in total. The van der Waals surface area contributed by atoms with Gasteiger partial charge < -0.3 is 9.64 Å². The van der Waals surface area contributed by atoms with Crippen LogP contribution in [0.4, 0.5) is 29.3 Å². The Kier molecular flexibility index (Phi) is 5.53. The molecule has 3 aromatic rings. The van der Waals surface area contributed by atoms with Crippen LogP contribution in [0, 0.1) is 0 Å². The Morgan fingerprint density at radius 3 is 2.51 bits per heavy atom. The summed E-state index contributed by atoms with van der Waals surface area (Å²) in [6.07, 6.45) is 0.485. The Balaban J connectivity index is 1.50. The largest absolute Gasteiger partial charge is 0.419 e. The fourth-order valence-electron chi connectivity index (χ4n) is 4.38. The molecule has 2 heterocycles. The third-order valence-electron chi connectivity index (χ3n) is 6.20. The number of hydrogen-bond donors (Lipinski definition) is 0. The minimum Gasteiger partial charge on any atom is -0.410 e. The summed E-state index contributed by atoms with van der Waals surface area (Å²) in [6, 6.07) is 9.63. The molecular weight excluding hydrogens is 461 g/mol. The molecular formula is C25H23F3N4O3. The van der Waals surface area contributed by atoms with Gasteiger partial charge in [-0.3, -0.25) is 14.4 Å². The van der Waals surface area contributed by atoms with E-state index < -0.39 is 17.8 Å². The number of hydrogen-bond acceptors (Lipinski definition) is 4. The zero-order valence-electron chi connectivity index (χ0n) is 19.1. The SMILES string of the molecule is CC(=O)N1c2ccc(-c3cnn(C4CC4)c3)cc2N(C(=O)Oc2cccc(C(F)(F)F)c2)C[C@@H]1C. The Morgan fingerprint density at radius 1 is 1.06 bits per heavy atom. The summed E-state index contributed by atoms with van der Waals surface area (Å²) in [5.74, 6) is -0.395. The van der Waals surface area contributed by atoms with E-state index in [4.69, 9.17) is 4.74 Å². The number of nitrogens with zero attached hydrogens (tertiary/aromatic N) is 4. The van der Waals surface area contributed by atoms with Gasteiger partial charge in [0.2, 0.25) is 5.91 Å². The molecule has 0 N–H and O–H groups in total. The normalized spacial score (nSPS) is 17.8. The van der Waals surface area contributed by atoms with Gasteiger partial charge >= 0.3 is 12.3 Å². The summed E-state index contributed by atoms with van der Waals surface area (Å²) >= 11 is 0. The number of halogens is 3. The van der Waals surface area contributed by atoms with Crippen LogP contribution in [-0.4, -0.2) is 34.4 Å². The van der Waals surface area contributed by atoms with Crippen molar-refractivity contribution in [2.45, 2.75) is 44.9 Å². The van der Waals surface area contributed by atoms with Crippen molar-refractivity contribution in [3.05, 3.63) is 60.4 Å². The lowest BCUT2D eigenvalue weighted by atomic mass is 10.0. The maximum Gasteiger partial charge on any atom is 0.419 e. The number of alkyl halides is 3. The quantitative estimate of drug-likeness (QED) is 0.481. The monoisotopic (exact) mass is 484 g/mol. The molecule has 2 amide bonds. The maximum absolute atomic E-state index is 13.2. The highest BCUT2D eigenvalue weighted by Gasteiger charge is 2.36. The van der Waals surface area contributed by atoms with E-state index in [1.54, 1.807) is 30.2 Å². The number of amides is 2. The molecule has 5 rings (SSSR count). The highest BCUT2D eigenvalue weighted by atomic mass is 19.4. The first-order valence-corrected chi connectivity index (χ1v) is 11.3. The summed E-state index contributed by atoms with van der Waals surface area (Å²) in [5.41, 5.74) is 1.71. The second-order valence-corrected chi connectivity index (χ2v) is 8.89. The lowest BCUT2D eigenvalue weighted by Gasteiger charge is -2.40. The summed E-state index contributed by atoms with van der Waals surface area (Å²) in [6.45, 7) is 3.36. The third kappa shape index (κ3) is 4.48. The van der Waals surface area contributed by atoms with E-state index in [-0.39, 0.29) is 24.2 Å². The van der Waals surface area contributed by atoms with Crippen molar-refractivity contribution in [2.24, 2.45) is 0 Å². The second-order valence-electron chi connectivity index (χ2n) is 8.89. The van der Waals surface area contributed by atoms with Gasteiger partial charge in [-0.05, 0) is 55.7 Å². The van der Waals surface area contributed by atoms with Crippen molar-refractivity contribution < 1.29 is 27.5 Å². The van der Waals surface area contributed by atoms with Crippen molar-refractivity contribution in [1.29, 1.82) is 0 Å². The van der Waals surface area contributed by atoms with E-state index in [0.29, 0.717) is 17.4 Å². The number of aromatic nitrogens is 2. The Labute approximate surface area is 199 Å². The molecule has 2 aliphatic rings. The zero-order chi connectivity index (χ0) is 24.9. The van der Waals surface area contributed by atoms with E-state index in [1.165, 1.54) is 24.0 Å². The Hall–Kier alpha value is -3.82. The van der Waals surface area contributed by atoms with Gasteiger partial charge in [-0.15, -0.1) is 0 Å². The number of anilines is 2. The number of benzene rings is 2. The van der Waals surface area contributed by atoms with Crippen LogP contribution in [-0.2, 0) is 11.0 Å². The summed E-state index contributed by atoms with van der Waals surface area (Å²) < 4.78 is 46.5. The first-order chi connectivity index (χ1) is 16.6. The molecule has 0 bridgehead atoms. The molecule has 0 unspecified atom stereocenters. The van der Waals surface area contributed by atoms with Crippen LogP contribution in [0.3, 0.4) is 0 Å². The van der Waals surface area contributed by atoms with Gasteiger partial charge in [0.15, 0.2) is 0 Å². The van der Waals surface area contributed by atoms with Crippen LogP contribution in [0.25, 0.3) is 11.1 Å². The smallest absolute Gasteiger partial charge is 0.410 e. The molecule has 1 fully saturated rings. The van der Waals surface area contributed by atoms with E-state index in [9.17, 15) is 22.8 Å². The first kappa shape index (κ1) is 22.9. The summed E-state index contributed by atoms with van der Waals surface area (Å²) in [5, 5.41) is 4.41. The Bertz CT molecular complexity index is 1300. The molecule has 1 aliphatic carbocycles. The number of ether oxygens (including phenoxy) is 1. The number of carbonyl (C=O) groups excluding carboxylic acids is 2. The lowest BCUT2D eigenvalue weighted by Crippen LogP contribution is -2.52. The number of carbonyl (C=O) groups is 2. The highest BCUT2D eigenvalue weighted by molar-refractivity contribution is 6.03. The topological polar surface area (TPSA) is 67.7 Å². The van der Waals surface area contributed by atoms with Gasteiger partial charge in [0.05, 0.1) is 35.2 Å². The fraction of sp³-hybridized carbons (Fsp3) is 0.320. The van der Waals surface area contributed by atoms with Crippen LogP contribution in [0.15, 0.2) is 54.9 Å². The molecule has 1 aliphatic heterocycles. The van der Waals surface area contributed by atoms with Crippen molar-refractivity contribution in [3.63, 3.8) is 0 Å². The summed E-state index contributed by atoms with van der Waals surface area (Å²) in [7, 11) is 0. The fourth-order valence-corrected chi connectivity index (χ4v) is 4.38. The minimum atomic E-state index is -4.56. The first-order valence-electron chi connectivity index (χ1n) is 11.3. The average molecular weight is 484 g/mol. The van der Waals surface area contributed by atoms with Crippen LogP contribution >= 0.6 is 0 Å². The summed E-state index contributed by atoms with van der Waals surface area (Å²) in [4.78, 5) is 28.5. The third-order valence-corrected chi connectivity index (χ3v) is 6.20. The van der Waals surface area contributed by atoms with E-state index >= 15 is 0 Å². The van der Waals surface area contributed by atoms with Crippen LogP contribution in [0.1, 0.15) is 38.3 Å². The lowest BCUT2D eigenvalue weighted by molar-refractivity contribution is -0.137. The van der Waals surface area contributed by atoms with Gasteiger partial charge in [0, 0.05) is 25.2 Å². The van der Waals surface area contributed by atoms with Crippen LogP contribution in [0.5, 0.6) is 5.75 Å². The second kappa shape index (κ2) is 8.44. The van der Waals surface area contributed by atoms with Gasteiger partial charge in [-0.1, -0.05) is 12.1 Å². The van der Waals surface area contributed by atoms with Gasteiger partial charge in [-0.25, -0.2) is 4.79 Å². The molecule has 182 valence electrons. The minimum absolute atomic E-state index is 0.120. The average Bonchev–Trinajstić information content (AvgIpc) is 3.54. The molecule has 35 heavy (non-hydrogen) atoms. The van der Waals surface area contributed by atoms with Crippen molar-refractivity contribution in [3.8, 4) is 16.9 Å². The van der Waals surface area contributed by atoms with Crippen molar-refractivity contribution in [2.75, 3.05) is 16.3 Å². The van der Waals surface area contributed by atoms with Crippen LogP contribution < -0.4 is 14.5 Å². The van der Waals surface area contributed by atoms with E-state index in [1.807, 2.05) is 16.9 Å². The standard InChI is InChI=1S/C25H23F3N4O3/c1-15-13-30(24(34)35-21-5-3-4-19(11-21)25(26,27)28)23-10-17(6-9-22(23)32(15)16(2)33)18-12-29-31(14-18)20-7-8-20/h3-6,9-12,14-15,20H,7-8,13H2,1-2H3/t15-/m0/s1. The highest BCUT2D eigenvalue weighted by Crippen LogP contribution is 2.40. The molecule has 0 radical (unpaired) electrons. The number of rotatable bonds is 3. The van der Waals surface area contributed by atoms with Crippen molar-refractivity contribution in [1.82, 2.24) is 9.78 Å². The molecule has 2 aromatic carbocycles. The van der Waals surface area contributed by atoms with E-state index in [0.717, 1.165) is 36.1 Å². The Morgan fingerprint density at radius 2 is 1.83 bits per heavy atom. The molecule has 10 heteroatoms. The van der Waals surface area contributed by atoms with E-state index in [2.05, 4.69) is 5.10 Å². The predicted octanol–water partition coefficient (Wildman–Crippen LogP) is 5.66. The molecule has 1 aromatic heterocycles. The van der Waals surface area contributed by atoms with Gasteiger partial charge in [0.25, 0.3) is 0 Å².